The van der Waals surface area contributed by atoms with Crippen LogP contribution in [0.5, 0.6) is 0 Å². The van der Waals surface area contributed by atoms with Gasteiger partial charge in [0.2, 0.25) is 0 Å². The second-order valence-electron chi connectivity index (χ2n) is 4.21. The molecule has 0 bridgehead atoms. The zero-order valence-corrected chi connectivity index (χ0v) is 9.97. The summed E-state index contributed by atoms with van der Waals surface area (Å²) in [6.45, 7) is 4.69. The molecule has 0 heterocycles. The number of hydrogen-bond donors (Lipinski definition) is 0. The highest BCUT2D eigenvalue weighted by Crippen LogP contribution is 2.26. The zero-order valence-electron chi connectivity index (χ0n) is 9.21. The van der Waals surface area contributed by atoms with Crippen LogP contribution in [-0.4, -0.2) is 20.0 Å². The Morgan fingerprint density at radius 3 is 2.60 bits per heavy atom. The van der Waals surface area contributed by atoms with Crippen molar-refractivity contribution in [2.45, 2.75) is 19.3 Å². The van der Waals surface area contributed by atoms with E-state index in [1.165, 1.54) is 0 Å². The van der Waals surface area contributed by atoms with Crippen molar-refractivity contribution in [2.75, 3.05) is 13.7 Å². The predicted octanol–water partition coefficient (Wildman–Crippen LogP) is 3.08. The van der Waals surface area contributed by atoms with E-state index >= 15 is 0 Å². The second kappa shape index (κ2) is 4.77. The summed E-state index contributed by atoms with van der Waals surface area (Å²) in [7, 11) is 1.66. The number of ether oxygens (including phenoxy) is 1. The minimum absolute atomic E-state index is 0.141. The van der Waals surface area contributed by atoms with E-state index in [2.05, 4.69) is 13.8 Å². The maximum Gasteiger partial charge on any atom is 0.150 e. The average molecular weight is 227 g/mol. The Balaban J connectivity index is 3.13. The summed E-state index contributed by atoms with van der Waals surface area (Å²) < 4.78 is 5.14. The Morgan fingerprint density at radius 1 is 1.40 bits per heavy atom. The molecular formula is C12H15ClO2. The molecule has 0 N–H and O–H groups in total. The van der Waals surface area contributed by atoms with Crippen LogP contribution in [0.3, 0.4) is 0 Å². The summed E-state index contributed by atoms with van der Waals surface area (Å²) in [4.78, 5) is 10.7. The van der Waals surface area contributed by atoms with Gasteiger partial charge in [-0.3, -0.25) is 4.79 Å². The number of benzene rings is 1. The van der Waals surface area contributed by atoms with Crippen LogP contribution in [0.15, 0.2) is 18.2 Å². The van der Waals surface area contributed by atoms with Crippen LogP contribution in [0.4, 0.5) is 0 Å². The van der Waals surface area contributed by atoms with Crippen molar-refractivity contribution in [3.63, 3.8) is 0 Å². The minimum Gasteiger partial charge on any atom is -0.384 e. The maximum atomic E-state index is 10.7. The topological polar surface area (TPSA) is 26.3 Å². The van der Waals surface area contributed by atoms with Gasteiger partial charge in [0.15, 0.2) is 0 Å². The van der Waals surface area contributed by atoms with Gasteiger partial charge in [-0.05, 0) is 23.8 Å². The lowest BCUT2D eigenvalue weighted by Crippen LogP contribution is -2.23. The second-order valence-corrected chi connectivity index (χ2v) is 4.64. The molecule has 82 valence electrons. The van der Waals surface area contributed by atoms with Crippen molar-refractivity contribution >= 4 is 17.9 Å². The third kappa shape index (κ3) is 3.05. The van der Waals surface area contributed by atoms with Crippen LogP contribution in [0.1, 0.15) is 29.8 Å². The molecule has 0 aliphatic carbocycles. The van der Waals surface area contributed by atoms with Gasteiger partial charge < -0.3 is 4.74 Å². The standard InChI is InChI=1S/C12H15ClO2/c1-12(2,8-15-3)10-4-9(7-14)5-11(13)6-10/h4-7H,8H2,1-3H3. The van der Waals surface area contributed by atoms with Crippen molar-refractivity contribution in [1.29, 1.82) is 0 Å². The third-order valence-electron chi connectivity index (χ3n) is 2.34. The van der Waals surface area contributed by atoms with Gasteiger partial charge in [-0.2, -0.15) is 0 Å². The molecule has 0 amide bonds. The lowest BCUT2D eigenvalue weighted by molar-refractivity contribution is 0.112. The molecule has 2 nitrogen and oxygen atoms in total. The molecule has 0 fully saturated rings. The van der Waals surface area contributed by atoms with Crippen molar-refractivity contribution in [1.82, 2.24) is 0 Å². The van der Waals surface area contributed by atoms with Crippen molar-refractivity contribution in [3.05, 3.63) is 34.3 Å². The Kier molecular flexibility index (Phi) is 3.89. The molecule has 0 saturated carbocycles. The molecule has 0 saturated heterocycles. The van der Waals surface area contributed by atoms with Crippen LogP contribution in [0.2, 0.25) is 5.02 Å². The fourth-order valence-corrected chi connectivity index (χ4v) is 1.76. The largest absolute Gasteiger partial charge is 0.384 e. The molecule has 0 aliphatic heterocycles. The van der Waals surface area contributed by atoms with Gasteiger partial charge in [0.1, 0.15) is 6.29 Å². The first kappa shape index (κ1) is 12.2. The highest BCUT2D eigenvalue weighted by molar-refractivity contribution is 6.30. The molecule has 0 aliphatic rings. The van der Waals surface area contributed by atoms with E-state index in [0.29, 0.717) is 17.2 Å². The van der Waals surface area contributed by atoms with Crippen molar-refractivity contribution < 1.29 is 9.53 Å². The van der Waals surface area contributed by atoms with E-state index in [1.54, 1.807) is 13.2 Å². The number of rotatable bonds is 4. The van der Waals surface area contributed by atoms with Gasteiger partial charge in [0, 0.05) is 23.1 Å². The molecule has 0 radical (unpaired) electrons. The fraction of sp³-hybridized carbons (Fsp3) is 0.417. The van der Waals surface area contributed by atoms with E-state index in [4.69, 9.17) is 16.3 Å². The monoisotopic (exact) mass is 226 g/mol. The molecule has 1 aromatic rings. The van der Waals surface area contributed by atoms with Gasteiger partial charge in [-0.1, -0.05) is 25.4 Å². The first-order valence-electron chi connectivity index (χ1n) is 4.75. The van der Waals surface area contributed by atoms with Crippen LogP contribution < -0.4 is 0 Å². The van der Waals surface area contributed by atoms with E-state index in [0.717, 1.165) is 11.8 Å². The number of halogens is 1. The summed E-state index contributed by atoms with van der Waals surface area (Å²) in [6.07, 6.45) is 0.804. The normalized spacial score (nSPS) is 11.5. The first-order valence-corrected chi connectivity index (χ1v) is 5.12. The highest BCUT2D eigenvalue weighted by atomic mass is 35.5. The maximum absolute atomic E-state index is 10.7. The van der Waals surface area contributed by atoms with E-state index < -0.39 is 0 Å². The molecule has 15 heavy (non-hydrogen) atoms. The number of methoxy groups -OCH3 is 1. The van der Waals surface area contributed by atoms with Crippen LogP contribution >= 0.6 is 11.6 Å². The van der Waals surface area contributed by atoms with Gasteiger partial charge in [0.05, 0.1) is 6.61 Å². The molecule has 0 spiro atoms. The fourth-order valence-electron chi connectivity index (χ4n) is 1.52. The lowest BCUT2D eigenvalue weighted by atomic mass is 9.85. The number of carbonyl (C=O) groups excluding carboxylic acids is 1. The van der Waals surface area contributed by atoms with E-state index in [1.807, 2.05) is 12.1 Å². The van der Waals surface area contributed by atoms with E-state index in [-0.39, 0.29) is 5.41 Å². The summed E-state index contributed by atoms with van der Waals surface area (Å²) in [5, 5.41) is 0.582. The lowest BCUT2D eigenvalue weighted by Gasteiger charge is -2.24. The highest BCUT2D eigenvalue weighted by Gasteiger charge is 2.21. The van der Waals surface area contributed by atoms with Crippen molar-refractivity contribution in [3.8, 4) is 0 Å². The number of hydrogen-bond acceptors (Lipinski definition) is 2. The summed E-state index contributed by atoms with van der Waals surface area (Å²) in [5.74, 6) is 0. The Labute approximate surface area is 95.2 Å². The van der Waals surface area contributed by atoms with Gasteiger partial charge in [0.25, 0.3) is 0 Å². The SMILES string of the molecule is COCC(C)(C)c1cc(Cl)cc(C=O)c1. The van der Waals surface area contributed by atoms with Gasteiger partial charge >= 0.3 is 0 Å². The Hall–Kier alpha value is -0.860. The van der Waals surface area contributed by atoms with Gasteiger partial charge in [-0.15, -0.1) is 0 Å². The summed E-state index contributed by atoms with van der Waals surface area (Å²) >= 11 is 5.94. The zero-order chi connectivity index (χ0) is 11.5. The molecule has 1 aromatic carbocycles. The Morgan fingerprint density at radius 2 is 2.07 bits per heavy atom. The third-order valence-corrected chi connectivity index (χ3v) is 2.56. The average Bonchev–Trinajstić information content (AvgIpc) is 2.16. The molecule has 0 unspecified atom stereocenters. The van der Waals surface area contributed by atoms with E-state index in [9.17, 15) is 4.79 Å². The minimum atomic E-state index is -0.141. The van der Waals surface area contributed by atoms with Gasteiger partial charge in [-0.25, -0.2) is 0 Å². The molecule has 3 heteroatoms. The molecule has 1 rings (SSSR count). The number of carbonyl (C=O) groups is 1. The quantitative estimate of drug-likeness (QED) is 0.738. The predicted molar refractivity (Wildman–Crippen MR) is 61.7 cm³/mol. The summed E-state index contributed by atoms with van der Waals surface area (Å²) in [6, 6.07) is 5.37. The molecule has 0 aromatic heterocycles. The smallest absolute Gasteiger partial charge is 0.150 e. The summed E-state index contributed by atoms with van der Waals surface area (Å²) in [5.41, 5.74) is 1.47. The van der Waals surface area contributed by atoms with Crippen LogP contribution in [0, 0.1) is 0 Å². The molecule has 0 atom stereocenters. The van der Waals surface area contributed by atoms with Crippen LogP contribution in [0.25, 0.3) is 0 Å². The molecular weight excluding hydrogens is 212 g/mol. The first-order chi connectivity index (χ1) is 6.99. The Bertz CT molecular complexity index is 359. The van der Waals surface area contributed by atoms with Crippen molar-refractivity contribution in [2.24, 2.45) is 0 Å². The number of aldehydes is 1. The van der Waals surface area contributed by atoms with Crippen LogP contribution in [-0.2, 0) is 10.2 Å².